The zero-order chi connectivity index (χ0) is 30.0. The Bertz CT molecular complexity index is 1650. The second kappa shape index (κ2) is 12.0. The molecule has 2 atom stereocenters. The van der Waals surface area contributed by atoms with Gasteiger partial charge in [0, 0.05) is 48.4 Å². The molecule has 1 aliphatic rings. The minimum absolute atomic E-state index is 0.0313. The third kappa shape index (κ3) is 5.68. The number of aromatic nitrogens is 2. The number of hydrogen-bond donors (Lipinski definition) is 2. The number of benzene rings is 2. The predicted molar refractivity (Wildman–Crippen MR) is 165 cm³/mol. The van der Waals surface area contributed by atoms with Crippen molar-refractivity contribution in [3.8, 4) is 11.4 Å². The van der Waals surface area contributed by atoms with Gasteiger partial charge in [0.25, 0.3) is 5.69 Å². The van der Waals surface area contributed by atoms with Crippen molar-refractivity contribution in [3.05, 3.63) is 111 Å². The molecule has 1 aliphatic heterocycles. The molecule has 0 radical (unpaired) electrons. The van der Waals surface area contributed by atoms with Crippen LogP contribution in [0.25, 0.3) is 5.69 Å². The molecule has 2 aromatic heterocycles. The topological polar surface area (TPSA) is 115 Å². The number of hydrogen-bond acceptors (Lipinski definition) is 6. The molecule has 0 saturated carbocycles. The van der Waals surface area contributed by atoms with E-state index < -0.39 is 4.92 Å². The Morgan fingerprint density at radius 1 is 1.12 bits per heavy atom. The Balaban J connectivity index is 1.52. The minimum atomic E-state index is -0.419. The lowest BCUT2D eigenvalue weighted by molar-refractivity contribution is -0.384. The van der Waals surface area contributed by atoms with Crippen molar-refractivity contribution in [2.24, 2.45) is 0 Å². The average Bonchev–Trinajstić information content (AvgIpc) is 3.45. The van der Waals surface area contributed by atoms with Gasteiger partial charge in [0.2, 0.25) is 5.91 Å². The van der Waals surface area contributed by atoms with E-state index in [0.29, 0.717) is 23.1 Å². The highest BCUT2D eigenvalue weighted by atomic mass is 32.1. The number of pyridine rings is 1. The second-order valence-corrected chi connectivity index (χ2v) is 10.6. The fourth-order valence-corrected chi connectivity index (χ4v) is 5.91. The number of nitro groups is 1. The minimum Gasteiger partial charge on any atom is -0.495 e. The Morgan fingerprint density at radius 2 is 1.93 bits per heavy atom. The summed E-state index contributed by atoms with van der Waals surface area (Å²) in [5, 5.41) is 18.5. The average molecular weight is 585 g/mol. The van der Waals surface area contributed by atoms with Crippen molar-refractivity contribution in [1.29, 1.82) is 0 Å². The van der Waals surface area contributed by atoms with E-state index in [-0.39, 0.29) is 30.1 Å². The van der Waals surface area contributed by atoms with Crippen LogP contribution in [0.4, 0.5) is 11.4 Å². The molecule has 0 spiro atoms. The summed E-state index contributed by atoms with van der Waals surface area (Å²) in [7, 11) is 1.54. The first-order valence-corrected chi connectivity index (χ1v) is 13.9. The molecule has 0 bridgehead atoms. The second-order valence-electron chi connectivity index (χ2n) is 10.3. The molecule has 1 saturated heterocycles. The van der Waals surface area contributed by atoms with Crippen LogP contribution < -0.4 is 15.4 Å². The molecule has 1 amide bonds. The van der Waals surface area contributed by atoms with Gasteiger partial charge in [0.05, 0.1) is 35.5 Å². The van der Waals surface area contributed by atoms with Crippen LogP contribution in [0.2, 0.25) is 0 Å². The van der Waals surface area contributed by atoms with Gasteiger partial charge in [-0.1, -0.05) is 18.2 Å². The van der Waals surface area contributed by atoms with Gasteiger partial charge in [-0.2, -0.15) is 0 Å². The first kappa shape index (κ1) is 28.7. The molecule has 5 rings (SSSR count). The summed E-state index contributed by atoms with van der Waals surface area (Å²) in [5.41, 5.74) is 5.87. The van der Waals surface area contributed by atoms with Crippen LogP contribution >= 0.6 is 12.2 Å². The van der Waals surface area contributed by atoms with Crippen LogP contribution in [0.1, 0.15) is 46.7 Å². The van der Waals surface area contributed by atoms with E-state index in [0.717, 1.165) is 33.9 Å². The number of amides is 1. The number of carbonyl (C=O) groups is 1. The summed E-state index contributed by atoms with van der Waals surface area (Å²) < 4.78 is 7.55. The van der Waals surface area contributed by atoms with E-state index in [9.17, 15) is 14.9 Å². The largest absolute Gasteiger partial charge is 0.495 e. The third-order valence-corrected chi connectivity index (χ3v) is 7.83. The maximum atomic E-state index is 13.0. The van der Waals surface area contributed by atoms with Gasteiger partial charge in [-0.25, -0.2) is 0 Å². The quantitative estimate of drug-likeness (QED) is 0.146. The summed E-state index contributed by atoms with van der Waals surface area (Å²) in [6, 6.07) is 19.5. The number of nitrogens with zero attached hydrogens (tertiary/aromatic N) is 4. The van der Waals surface area contributed by atoms with E-state index in [4.69, 9.17) is 17.0 Å². The fourth-order valence-electron chi connectivity index (χ4n) is 5.58. The van der Waals surface area contributed by atoms with Crippen molar-refractivity contribution >= 4 is 34.6 Å². The molecule has 42 heavy (non-hydrogen) atoms. The maximum Gasteiger partial charge on any atom is 0.271 e. The zero-order valence-corrected chi connectivity index (χ0v) is 24.6. The molecule has 10 nitrogen and oxygen atoms in total. The lowest BCUT2D eigenvalue weighted by atomic mass is 9.96. The molecule has 1 fully saturated rings. The van der Waals surface area contributed by atoms with Gasteiger partial charge >= 0.3 is 0 Å². The first-order chi connectivity index (χ1) is 20.2. The van der Waals surface area contributed by atoms with Crippen LogP contribution in [-0.4, -0.2) is 44.0 Å². The standard InChI is InChI=1S/C31H32N6O4S/c1-19-8-7-9-22(16-19)33-28(38)13-15-35-30(29(34-31(35)42)25-10-5-6-14-32-25)24-17-20(2)36(21(24)3)26-18-23(37(39)40)11-12-27(26)41-4/h5-12,14,16-18,29-30H,13,15H2,1-4H3,(H,33,38)(H,34,42)/t29-,30+/m1/s1. The van der Waals surface area contributed by atoms with Crippen LogP contribution in [0.5, 0.6) is 5.75 Å². The fraction of sp³-hybridized carbons (Fsp3) is 0.258. The van der Waals surface area contributed by atoms with E-state index in [2.05, 4.69) is 21.7 Å². The monoisotopic (exact) mass is 584 g/mol. The molecule has 0 unspecified atom stereocenters. The van der Waals surface area contributed by atoms with Gasteiger partial charge in [0.15, 0.2) is 5.11 Å². The zero-order valence-electron chi connectivity index (χ0n) is 23.8. The highest BCUT2D eigenvalue weighted by Crippen LogP contribution is 2.42. The normalized spacial score (nSPS) is 16.3. The number of methoxy groups -OCH3 is 1. The van der Waals surface area contributed by atoms with Crippen LogP contribution in [0.3, 0.4) is 0 Å². The molecular formula is C31H32N6O4S. The number of nitrogens with one attached hydrogen (secondary N) is 2. The van der Waals surface area contributed by atoms with Crippen LogP contribution in [0, 0.1) is 30.9 Å². The van der Waals surface area contributed by atoms with Gasteiger partial charge in [-0.15, -0.1) is 0 Å². The van der Waals surface area contributed by atoms with Gasteiger partial charge in [-0.05, 0) is 80.5 Å². The molecule has 2 aromatic carbocycles. The van der Waals surface area contributed by atoms with E-state index in [1.54, 1.807) is 19.4 Å². The number of aryl methyl sites for hydroxylation is 2. The highest BCUT2D eigenvalue weighted by molar-refractivity contribution is 7.80. The van der Waals surface area contributed by atoms with Gasteiger partial charge < -0.3 is 24.8 Å². The predicted octanol–water partition coefficient (Wildman–Crippen LogP) is 5.72. The number of anilines is 1. The van der Waals surface area contributed by atoms with Crippen molar-refractivity contribution < 1.29 is 14.5 Å². The van der Waals surface area contributed by atoms with Gasteiger partial charge in [0.1, 0.15) is 5.75 Å². The molecule has 216 valence electrons. The van der Waals surface area contributed by atoms with Crippen molar-refractivity contribution in [2.45, 2.75) is 39.3 Å². The van der Waals surface area contributed by atoms with Crippen molar-refractivity contribution in [2.75, 3.05) is 19.0 Å². The number of thiocarbonyl (C=S) groups is 1. The molecule has 2 N–H and O–H groups in total. The third-order valence-electron chi connectivity index (χ3n) is 7.48. The van der Waals surface area contributed by atoms with E-state index >= 15 is 0 Å². The Morgan fingerprint density at radius 3 is 2.62 bits per heavy atom. The van der Waals surface area contributed by atoms with E-state index in [1.165, 1.54) is 12.1 Å². The summed E-state index contributed by atoms with van der Waals surface area (Å²) in [6.07, 6.45) is 1.96. The Hall–Kier alpha value is -4.77. The van der Waals surface area contributed by atoms with Crippen LogP contribution in [-0.2, 0) is 4.79 Å². The van der Waals surface area contributed by atoms with Crippen LogP contribution in [0.15, 0.2) is 72.9 Å². The summed E-state index contributed by atoms with van der Waals surface area (Å²) in [4.78, 5) is 30.8. The van der Waals surface area contributed by atoms with Crippen molar-refractivity contribution in [3.63, 3.8) is 0 Å². The molecule has 4 aromatic rings. The first-order valence-electron chi connectivity index (χ1n) is 13.5. The number of rotatable bonds is 9. The summed E-state index contributed by atoms with van der Waals surface area (Å²) in [6.45, 7) is 6.28. The molecule has 3 heterocycles. The lowest BCUT2D eigenvalue weighted by Crippen LogP contribution is -2.32. The maximum absolute atomic E-state index is 13.0. The smallest absolute Gasteiger partial charge is 0.271 e. The summed E-state index contributed by atoms with van der Waals surface area (Å²) in [5.74, 6) is 0.398. The van der Waals surface area contributed by atoms with E-state index in [1.807, 2.05) is 72.7 Å². The number of non-ortho nitro benzene ring substituents is 1. The number of nitro benzene ring substituents is 1. The molecule has 11 heteroatoms. The summed E-state index contributed by atoms with van der Waals surface area (Å²) >= 11 is 5.81. The number of carbonyl (C=O) groups excluding carboxylic acids is 1. The van der Waals surface area contributed by atoms with Gasteiger partial charge in [-0.3, -0.25) is 19.9 Å². The molecule has 0 aliphatic carbocycles. The Kier molecular flexibility index (Phi) is 8.21. The lowest BCUT2D eigenvalue weighted by Gasteiger charge is -2.28. The highest BCUT2D eigenvalue weighted by Gasteiger charge is 2.41. The number of ether oxygens (including phenoxy) is 1. The van der Waals surface area contributed by atoms with Crippen molar-refractivity contribution in [1.82, 2.24) is 19.8 Å². The Labute approximate surface area is 249 Å². The molecular weight excluding hydrogens is 552 g/mol. The SMILES string of the molecule is COc1ccc([N+](=O)[O-])cc1-n1c(C)cc([C@H]2[C@@H](c3ccccn3)NC(=S)N2CCC(=O)Nc2cccc(C)c2)c1C.